The number of rotatable bonds is 7. The van der Waals surface area contributed by atoms with E-state index in [1.54, 1.807) is 6.92 Å². The number of aromatic nitrogens is 4. The molecule has 0 spiro atoms. The Morgan fingerprint density at radius 1 is 1.41 bits per heavy atom. The lowest BCUT2D eigenvalue weighted by Gasteiger charge is -2.17. The fraction of sp³-hybridized carbons (Fsp3) is 0.600. The Bertz CT molecular complexity index is 819. The second-order valence-electron chi connectivity index (χ2n) is 6.41. The minimum Gasteiger partial charge on any atom is -0.548 e. The summed E-state index contributed by atoms with van der Waals surface area (Å²) < 4.78 is 7.33. The van der Waals surface area contributed by atoms with Crippen LogP contribution in [0.2, 0.25) is 0 Å². The Kier molecular flexibility index (Phi) is 5.81. The number of thiol groups is 1. The van der Waals surface area contributed by atoms with E-state index < -0.39 is 36.6 Å². The minimum atomic E-state index is -1.30. The summed E-state index contributed by atoms with van der Waals surface area (Å²) in [5.74, 6) is -0.542. The molecular weight excluding hydrogens is 376 g/mol. The van der Waals surface area contributed by atoms with E-state index in [1.807, 2.05) is 0 Å². The maximum Gasteiger partial charge on any atom is 0.167 e. The van der Waals surface area contributed by atoms with Gasteiger partial charge < -0.3 is 36.3 Å². The first-order valence-corrected chi connectivity index (χ1v) is 9.53. The molecule has 0 radical (unpaired) electrons. The number of anilines is 1. The number of aliphatic hydroxyl groups excluding tert-OH is 2. The van der Waals surface area contributed by atoms with E-state index in [0.29, 0.717) is 23.3 Å². The van der Waals surface area contributed by atoms with Gasteiger partial charge in [0.15, 0.2) is 17.7 Å². The van der Waals surface area contributed by atoms with Gasteiger partial charge in [0.2, 0.25) is 0 Å². The van der Waals surface area contributed by atoms with Gasteiger partial charge in [0, 0.05) is 6.42 Å². The van der Waals surface area contributed by atoms with Crippen LogP contribution in [0.1, 0.15) is 19.6 Å². The lowest BCUT2D eigenvalue weighted by molar-refractivity contribution is -0.307. The molecule has 148 valence electrons. The number of carboxylic acid groups (broad SMARTS) is 1. The summed E-state index contributed by atoms with van der Waals surface area (Å²) >= 11 is 0.796. The number of hydrogen-bond donors (Lipinski definition) is 4. The van der Waals surface area contributed by atoms with Crippen LogP contribution < -0.4 is 16.6 Å². The highest BCUT2D eigenvalue weighted by atomic mass is 32.2. The van der Waals surface area contributed by atoms with E-state index in [-0.39, 0.29) is 11.1 Å². The van der Waals surface area contributed by atoms with Gasteiger partial charge in [-0.3, -0.25) is 4.57 Å². The number of imidazole rings is 1. The van der Waals surface area contributed by atoms with Crippen LogP contribution in [0, 0.1) is 0 Å². The average Bonchev–Trinajstić information content (AvgIpc) is 3.18. The highest BCUT2D eigenvalue weighted by Gasteiger charge is 2.44. The van der Waals surface area contributed by atoms with Gasteiger partial charge in [0.05, 0.1) is 24.4 Å². The molecule has 6 atom stereocenters. The van der Waals surface area contributed by atoms with Crippen molar-refractivity contribution in [3.8, 4) is 0 Å². The molecule has 2 aromatic heterocycles. The van der Waals surface area contributed by atoms with E-state index in [1.165, 1.54) is 17.2 Å². The summed E-state index contributed by atoms with van der Waals surface area (Å²) in [4.78, 5) is 22.9. The maximum atomic E-state index is 10.8. The Hall–Kier alpha value is -1.99. The van der Waals surface area contributed by atoms with Crippen LogP contribution in [0.3, 0.4) is 0 Å². The second-order valence-corrected chi connectivity index (χ2v) is 8.04. The zero-order chi connectivity index (χ0) is 19.7. The molecule has 0 bridgehead atoms. The van der Waals surface area contributed by atoms with E-state index in [0.717, 1.165) is 11.8 Å². The molecule has 1 saturated heterocycles. The molecule has 2 unspecified atom stereocenters. The molecule has 0 saturated carbocycles. The predicted molar refractivity (Wildman–Crippen MR) is 96.3 cm³/mol. The van der Waals surface area contributed by atoms with Gasteiger partial charge in [0.1, 0.15) is 35.1 Å². The first-order valence-electron chi connectivity index (χ1n) is 8.39. The van der Waals surface area contributed by atoms with Crippen molar-refractivity contribution in [1.29, 1.82) is 0 Å². The highest BCUT2D eigenvalue weighted by molar-refractivity contribution is 7.79. The number of carbonyl (C=O) groups excluding carboxylic acids is 1. The van der Waals surface area contributed by atoms with Gasteiger partial charge in [-0.1, -0.05) is 0 Å². The third-order valence-corrected chi connectivity index (χ3v) is 6.03. The van der Waals surface area contributed by atoms with Crippen molar-refractivity contribution < 1.29 is 24.9 Å². The summed E-state index contributed by atoms with van der Waals surface area (Å²) in [6.07, 6.45) is -0.645. The highest BCUT2D eigenvalue weighted by Crippen LogP contribution is 2.33. The Morgan fingerprint density at radius 3 is 2.85 bits per heavy atom. The zero-order valence-electron chi connectivity index (χ0n) is 14.5. The van der Waals surface area contributed by atoms with Crippen molar-refractivity contribution >= 4 is 34.7 Å². The number of fused-ring (bicyclic) bond motifs is 1. The third kappa shape index (κ3) is 3.84. The van der Waals surface area contributed by atoms with Crippen LogP contribution in [0.5, 0.6) is 0 Å². The number of nitrogens with two attached hydrogens (primary N) is 2. The molecule has 3 rings (SSSR count). The van der Waals surface area contributed by atoms with Gasteiger partial charge in [-0.25, -0.2) is 15.0 Å². The van der Waals surface area contributed by atoms with Crippen molar-refractivity contribution in [2.24, 2.45) is 5.73 Å². The maximum absolute atomic E-state index is 10.8. The number of hydrogen-bond acceptors (Lipinski definition) is 10. The lowest BCUT2D eigenvalue weighted by atomic mass is 10.1. The molecule has 0 amide bonds. The van der Waals surface area contributed by atoms with Gasteiger partial charge in [0.25, 0.3) is 0 Å². The molecule has 0 aromatic carbocycles. The molecule has 3 heterocycles. The van der Waals surface area contributed by atoms with Crippen molar-refractivity contribution in [2.45, 2.75) is 49.2 Å². The fourth-order valence-electron chi connectivity index (χ4n) is 2.97. The smallest absolute Gasteiger partial charge is 0.167 e. The Morgan fingerprint density at radius 2 is 2.15 bits per heavy atom. The molecule has 1 fully saturated rings. The van der Waals surface area contributed by atoms with Crippen LogP contribution in [0.4, 0.5) is 5.82 Å². The standard InChI is InChI=1S/C15H22N6O5S/c1-6(8(16)15(24)25)27-3-2-7-10(22)11(23)14(26-7)21-5-20-9-12(17)18-4-19-13(9)21/h4-8,10-11,14,22-23H,2-3,16H2,1H3,(H,24,25)(H2,17,18,19)/t6?,7-,8?,10-,11-,14-/m1/s1. The van der Waals surface area contributed by atoms with Crippen LogP contribution in [0.25, 0.3) is 11.2 Å². The van der Waals surface area contributed by atoms with Crippen molar-refractivity contribution in [1.82, 2.24) is 19.5 Å². The summed E-state index contributed by atoms with van der Waals surface area (Å²) in [5.41, 5.74) is 12.1. The summed E-state index contributed by atoms with van der Waals surface area (Å²) in [6, 6.07) is -1.05. The predicted octanol–water partition coefficient (Wildman–Crippen LogP) is -3.30. The Labute approximate surface area is 158 Å². The normalized spacial score (nSPS) is 27.7. The number of nitrogens with zero attached hydrogens (tertiary/aromatic N) is 4. The van der Waals surface area contributed by atoms with E-state index >= 15 is 0 Å². The van der Waals surface area contributed by atoms with Gasteiger partial charge in [-0.2, -0.15) is 0 Å². The number of ether oxygens (including phenoxy) is 1. The first kappa shape index (κ1) is 19.8. The van der Waals surface area contributed by atoms with Crippen LogP contribution in [-0.2, 0) is 21.3 Å². The number of carboxylic acids is 1. The molecule has 1 aliphatic heterocycles. The van der Waals surface area contributed by atoms with Crippen molar-refractivity contribution in [2.75, 3.05) is 11.5 Å². The van der Waals surface area contributed by atoms with Gasteiger partial charge in [-0.05, 0) is 18.7 Å². The molecular formula is C15H22N6O5S. The van der Waals surface area contributed by atoms with Crippen LogP contribution in [0.15, 0.2) is 12.7 Å². The van der Waals surface area contributed by atoms with Gasteiger partial charge in [-0.15, -0.1) is 0 Å². The molecule has 12 heteroatoms. The number of carbonyl (C=O) groups is 1. The number of nitrogen functional groups attached to an aromatic ring is 1. The van der Waals surface area contributed by atoms with Crippen molar-refractivity contribution in [3.05, 3.63) is 12.7 Å². The summed E-state index contributed by atoms with van der Waals surface area (Å²) in [5, 5.41) is 31.2. The second kappa shape index (κ2) is 7.94. The zero-order valence-corrected chi connectivity index (χ0v) is 15.4. The molecule has 11 nitrogen and oxygen atoms in total. The number of aliphatic carboxylic acids is 1. The quantitative estimate of drug-likeness (QED) is 0.272. The molecule has 2 aromatic rings. The first-order chi connectivity index (χ1) is 12.8. The average molecular weight is 398 g/mol. The summed E-state index contributed by atoms with van der Waals surface area (Å²) in [6.45, 7) is 1.72. The van der Waals surface area contributed by atoms with E-state index in [4.69, 9.17) is 16.2 Å². The van der Waals surface area contributed by atoms with Crippen LogP contribution >= 0.6 is 0 Å². The molecule has 27 heavy (non-hydrogen) atoms. The molecule has 1 aliphatic rings. The minimum absolute atomic E-state index is 0.209. The lowest BCUT2D eigenvalue weighted by Crippen LogP contribution is -2.49. The molecule has 0 aliphatic carbocycles. The van der Waals surface area contributed by atoms with Crippen LogP contribution in [-0.4, -0.2) is 71.1 Å². The largest absolute Gasteiger partial charge is 0.548 e. The topological polar surface area (TPSA) is 185 Å². The van der Waals surface area contributed by atoms with Gasteiger partial charge >= 0.3 is 0 Å². The fourth-order valence-corrected chi connectivity index (χ4v) is 4.13. The monoisotopic (exact) mass is 398 g/mol. The third-order valence-electron chi connectivity index (χ3n) is 4.62. The Balaban J connectivity index is 1.65. The summed E-state index contributed by atoms with van der Waals surface area (Å²) in [7, 11) is 0. The van der Waals surface area contributed by atoms with E-state index in [9.17, 15) is 20.1 Å². The molecule has 6 N–H and O–H groups in total. The number of aliphatic hydroxyl groups is 2. The SMILES string of the molecule is CC([SH+]CC[C@H]1O[C@@H](n2cnc3c(N)ncnc32)[C@H](O)[C@@H]1O)C(N)C(=O)[O-]. The van der Waals surface area contributed by atoms with Crippen molar-refractivity contribution in [3.63, 3.8) is 0 Å². The van der Waals surface area contributed by atoms with E-state index in [2.05, 4.69) is 15.0 Å².